The van der Waals surface area contributed by atoms with Crippen LogP contribution in [0, 0.1) is 0 Å². The van der Waals surface area contributed by atoms with E-state index in [0.29, 0.717) is 17.2 Å². The maximum Gasteiger partial charge on any atom is 0.185 e. The number of nitrogens with zero attached hydrogens (tertiary/aromatic N) is 4. The van der Waals surface area contributed by atoms with Crippen molar-refractivity contribution in [3.63, 3.8) is 0 Å². The monoisotopic (exact) mass is 348 g/mol. The van der Waals surface area contributed by atoms with E-state index in [2.05, 4.69) is 15.3 Å². The van der Waals surface area contributed by atoms with Crippen LogP contribution in [0.15, 0.2) is 77.8 Å². The third-order valence-corrected chi connectivity index (χ3v) is 4.84. The van der Waals surface area contributed by atoms with Crippen LogP contribution in [0.5, 0.6) is 0 Å². The second kappa shape index (κ2) is 7.04. The normalized spacial score (nSPS) is 12.4. The quantitative estimate of drug-likeness (QED) is 0.558. The molecular weight excluding hydrogens is 332 g/mol. The summed E-state index contributed by atoms with van der Waals surface area (Å²) in [6.45, 7) is 0. The van der Waals surface area contributed by atoms with Crippen LogP contribution < -0.4 is 0 Å². The molecule has 0 amide bonds. The second-order valence-electron chi connectivity index (χ2n) is 5.57. The fourth-order valence-corrected chi connectivity index (χ4v) is 3.38. The van der Waals surface area contributed by atoms with Crippen molar-refractivity contribution in [1.82, 2.24) is 19.8 Å². The van der Waals surface area contributed by atoms with E-state index >= 15 is 0 Å². The van der Waals surface area contributed by atoms with Gasteiger partial charge in [-0.15, -0.1) is 22.0 Å². The van der Waals surface area contributed by atoms with Crippen molar-refractivity contribution >= 4 is 17.4 Å². The molecule has 0 unspecified atom stereocenters. The number of thioether (sulfide) groups is 1. The van der Waals surface area contributed by atoms with Gasteiger partial charge in [-0.25, -0.2) is 0 Å². The SMILES string of the molecule is O[C@H](CSc1ccc2nnc(-c3ccccc3)n2n1)c1ccccc1. The van der Waals surface area contributed by atoms with Gasteiger partial charge in [-0.05, 0) is 17.7 Å². The van der Waals surface area contributed by atoms with Gasteiger partial charge in [0.15, 0.2) is 11.5 Å². The van der Waals surface area contributed by atoms with Crippen molar-refractivity contribution in [1.29, 1.82) is 0 Å². The molecule has 0 fully saturated rings. The molecule has 0 radical (unpaired) electrons. The molecule has 5 nitrogen and oxygen atoms in total. The molecule has 4 rings (SSSR count). The van der Waals surface area contributed by atoms with Crippen molar-refractivity contribution in [2.75, 3.05) is 5.75 Å². The lowest BCUT2D eigenvalue weighted by Gasteiger charge is -2.10. The van der Waals surface area contributed by atoms with Crippen molar-refractivity contribution < 1.29 is 5.11 Å². The van der Waals surface area contributed by atoms with E-state index < -0.39 is 6.10 Å². The Labute approximate surface area is 149 Å². The Bertz CT molecular complexity index is 973. The third kappa shape index (κ3) is 3.40. The minimum Gasteiger partial charge on any atom is -0.388 e. The molecule has 2 aromatic heterocycles. The first-order valence-electron chi connectivity index (χ1n) is 7.95. The van der Waals surface area contributed by atoms with Crippen LogP contribution in [0.1, 0.15) is 11.7 Å². The summed E-state index contributed by atoms with van der Waals surface area (Å²) in [6, 6.07) is 23.3. The number of benzene rings is 2. The highest BCUT2D eigenvalue weighted by atomic mass is 32.2. The number of aliphatic hydroxyl groups excluding tert-OH is 1. The molecular formula is C19H16N4OS. The zero-order valence-corrected chi connectivity index (χ0v) is 14.2. The summed E-state index contributed by atoms with van der Waals surface area (Å²) in [5, 5.41) is 24.2. The molecule has 6 heteroatoms. The smallest absolute Gasteiger partial charge is 0.185 e. The van der Waals surface area contributed by atoms with E-state index in [-0.39, 0.29) is 0 Å². The number of aromatic nitrogens is 4. The number of aliphatic hydroxyl groups is 1. The fraction of sp³-hybridized carbons (Fsp3) is 0.105. The van der Waals surface area contributed by atoms with E-state index in [9.17, 15) is 5.11 Å². The van der Waals surface area contributed by atoms with E-state index in [1.807, 2.05) is 72.8 Å². The summed E-state index contributed by atoms with van der Waals surface area (Å²) in [5.41, 5.74) is 2.58. The van der Waals surface area contributed by atoms with Crippen LogP contribution in [0.2, 0.25) is 0 Å². The lowest BCUT2D eigenvalue weighted by molar-refractivity contribution is 0.204. The zero-order valence-electron chi connectivity index (χ0n) is 13.4. The summed E-state index contributed by atoms with van der Waals surface area (Å²) in [6.07, 6.45) is -0.529. The first-order chi connectivity index (χ1) is 12.3. The molecule has 25 heavy (non-hydrogen) atoms. The topological polar surface area (TPSA) is 63.3 Å². The van der Waals surface area contributed by atoms with E-state index in [1.54, 1.807) is 4.52 Å². The highest BCUT2D eigenvalue weighted by Gasteiger charge is 2.12. The van der Waals surface area contributed by atoms with Crippen molar-refractivity contribution in [2.45, 2.75) is 11.1 Å². The van der Waals surface area contributed by atoms with Gasteiger partial charge in [0.05, 0.1) is 6.10 Å². The summed E-state index contributed by atoms with van der Waals surface area (Å²) in [4.78, 5) is 0. The summed E-state index contributed by atoms with van der Waals surface area (Å²) in [7, 11) is 0. The average Bonchev–Trinajstić information content (AvgIpc) is 3.10. The molecule has 1 atom stereocenters. The minimum atomic E-state index is -0.529. The van der Waals surface area contributed by atoms with Crippen molar-refractivity contribution in [3.8, 4) is 11.4 Å². The number of hydrogen-bond donors (Lipinski definition) is 1. The van der Waals surface area contributed by atoms with Gasteiger partial charge in [-0.3, -0.25) is 0 Å². The van der Waals surface area contributed by atoms with Crippen LogP contribution in [0.25, 0.3) is 17.0 Å². The lowest BCUT2D eigenvalue weighted by atomic mass is 10.1. The lowest BCUT2D eigenvalue weighted by Crippen LogP contribution is -2.02. The van der Waals surface area contributed by atoms with E-state index in [1.165, 1.54) is 11.8 Å². The van der Waals surface area contributed by atoms with Gasteiger partial charge in [0.1, 0.15) is 5.03 Å². The molecule has 4 aromatic rings. The van der Waals surface area contributed by atoms with Crippen LogP contribution in [0.3, 0.4) is 0 Å². The number of hydrogen-bond acceptors (Lipinski definition) is 5. The first-order valence-corrected chi connectivity index (χ1v) is 8.93. The Kier molecular flexibility index (Phi) is 4.45. The molecule has 124 valence electrons. The van der Waals surface area contributed by atoms with Gasteiger partial charge in [0.25, 0.3) is 0 Å². The third-order valence-electron chi connectivity index (χ3n) is 3.84. The summed E-state index contributed by atoms with van der Waals surface area (Å²) in [5.74, 6) is 1.24. The minimum absolute atomic E-state index is 0.529. The Balaban J connectivity index is 1.57. The Morgan fingerprint density at radius 3 is 2.36 bits per heavy atom. The molecule has 0 aliphatic rings. The van der Waals surface area contributed by atoms with Crippen molar-refractivity contribution in [2.24, 2.45) is 0 Å². The van der Waals surface area contributed by atoms with Gasteiger partial charge in [0, 0.05) is 11.3 Å². The second-order valence-corrected chi connectivity index (χ2v) is 6.61. The first kappa shape index (κ1) is 15.8. The molecule has 0 bridgehead atoms. The highest BCUT2D eigenvalue weighted by molar-refractivity contribution is 7.99. The van der Waals surface area contributed by atoms with E-state index in [4.69, 9.17) is 0 Å². The predicted octanol–water partition coefficient (Wildman–Crippen LogP) is 3.62. The maximum absolute atomic E-state index is 10.3. The van der Waals surface area contributed by atoms with Gasteiger partial charge in [-0.1, -0.05) is 60.7 Å². The zero-order chi connectivity index (χ0) is 17.1. The molecule has 0 aliphatic heterocycles. The average molecular weight is 348 g/mol. The molecule has 2 aromatic carbocycles. The fourth-order valence-electron chi connectivity index (χ4n) is 2.55. The Morgan fingerprint density at radius 1 is 0.880 bits per heavy atom. The Hall–Kier alpha value is -2.70. The van der Waals surface area contributed by atoms with Gasteiger partial charge in [-0.2, -0.15) is 9.61 Å². The van der Waals surface area contributed by atoms with Gasteiger partial charge < -0.3 is 5.11 Å². The number of rotatable bonds is 5. The molecule has 1 N–H and O–H groups in total. The van der Waals surface area contributed by atoms with Crippen molar-refractivity contribution in [3.05, 3.63) is 78.4 Å². The molecule has 0 saturated heterocycles. The predicted molar refractivity (Wildman–Crippen MR) is 98.3 cm³/mol. The maximum atomic E-state index is 10.3. The van der Waals surface area contributed by atoms with Gasteiger partial charge in [0.2, 0.25) is 0 Å². The van der Waals surface area contributed by atoms with E-state index in [0.717, 1.165) is 16.2 Å². The largest absolute Gasteiger partial charge is 0.388 e. The molecule has 2 heterocycles. The molecule has 0 saturated carbocycles. The Morgan fingerprint density at radius 2 is 1.60 bits per heavy atom. The molecule has 0 spiro atoms. The summed E-state index contributed by atoms with van der Waals surface area (Å²) >= 11 is 1.51. The number of fused-ring (bicyclic) bond motifs is 1. The van der Waals surface area contributed by atoms with Gasteiger partial charge >= 0.3 is 0 Å². The van der Waals surface area contributed by atoms with Crippen LogP contribution in [-0.4, -0.2) is 30.7 Å². The van der Waals surface area contributed by atoms with Crippen LogP contribution >= 0.6 is 11.8 Å². The summed E-state index contributed by atoms with van der Waals surface area (Å²) < 4.78 is 1.74. The highest BCUT2D eigenvalue weighted by Crippen LogP contribution is 2.24. The molecule has 0 aliphatic carbocycles. The van der Waals surface area contributed by atoms with Crippen LogP contribution in [0.4, 0.5) is 0 Å². The standard InChI is InChI=1S/C19H16N4OS/c24-16(14-7-3-1-4-8-14)13-25-18-12-11-17-20-21-19(23(17)22-18)15-9-5-2-6-10-15/h1-12,16,24H,13H2/t16-/m1/s1. The van der Waals surface area contributed by atoms with Crippen LogP contribution in [-0.2, 0) is 0 Å².